The Hall–Kier alpha value is -1.71. The van der Waals surface area contributed by atoms with E-state index >= 15 is 0 Å². The first kappa shape index (κ1) is 42.4. The van der Waals surface area contributed by atoms with Gasteiger partial charge in [-0.15, -0.1) is 24.4 Å². The van der Waals surface area contributed by atoms with Crippen molar-refractivity contribution in [3.05, 3.63) is 68.8 Å². The van der Waals surface area contributed by atoms with Crippen LogP contribution in [0.25, 0.3) is 10.9 Å². The molecule has 4 N–H and O–H groups in total. The van der Waals surface area contributed by atoms with Crippen molar-refractivity contribution in [1.82, 2.24) is 4.98 Å². The highest BCUT2D eigenvalue weighted by Crippen LogP contribution is 2.60. The molecule has 5 unspecified atom stereocenters. The minimum absolute atomic E-state index is 0.0250. The van der Waals surface area contributed by atoms with Crippen molar-refractivity contribution in [3.8, 4) is 11.5 Å². The molecule has 7 rings (SSSR count). The number of nitrogens with two attached hydrogens (primary N) is 1. The number of phenolic OH excluding ortho intramolecular Hbond substituents is 1. The van der Waals surface area contributed by atoms with E-state index in [-0.39, 0.29) is 33.0 Å². The number of rotatable bonds is 14. The van der Waals surface area contributed by atoms with Gasteiger partial charge in [0.2, 0.25) is 0 Å². The van der Waals surface area contributed by atoms with Gasteiger partial charge >= 0.3 is 0 Å². The lowest BCUT2D eigenvalue weighted by Gasteiger charge is -2.51. The Bertz CT molecular complexity index is 1910. The number of ether oxygens (including phenoxy) is 2. The van der Waals surface area contributed by atoms with E-state index in [1.54, 1.807) is 0 Å². The molecular formula is C48H70N2O3S3. The van der Waals surface area contributed by atoms with Gasteiger partial charge in [0.15, 0.2) is 0 Å². The number of hydrogen-bond donors (Lipinski definition) is 5. The van der Waals surface area contributed by atoms with Crippen LogP contribution in [0.1, 0.15) is 177 Å². The number of hydrogen-bond acceptors (Lipinski definition) is 7. The zero-order chi connectivity index (χ0) is 40.0. The van der Waals surface area contributed by atoms with E-state index in [2.05, 4.69) is 95.6 Å². The van der Waals surface area contributed by atoms with Crippen LogP contribution < -0.4 is 10.5 Å². The molecule has 2 aliphatic heterocycles. The summed E-state index contributed by atoms with van der Waals surface area (Å²) in [6.07, 6.45) is 18.1. The highest BCUT2D eigenvalue weighted by molar-refractivity contribution is 8.01. The Morgan fingerprint density at radius 3 is 2.59 bits per heavy atom. The van der Waals surface area contributed by atoms with Gasteiger partial charge in [-0.1, -0.05) is 84.4 Å². The molecule has 56 heavy (non-hydrogen) atoms. The first-order chi connectivity index (χ1) is 26.8. The van der Waals surface area contributed by atoms with Crippen LogP contribution in [0.2, 0.25) is 0 Å². The van der Waals surface area contributed by atoms with E-state index in [1.165, 1.54) is 58.1 Å². The molecule has 1 saturated carbocycles. The number of allylic oxidation sites excluding steroid dienone is 2. The topological polar surface area (TPSA) is 80.5 Å². The fraction of sp³-hybridized carbons (Fsp3) is 0.667. The van der Waals surface area contributed by atoms with Gasteiger partial charge in [0.1, 0.15) is 22.7 Å². The highest BCUT2D eigenvalue weighted by Gasteiger charge is 2.51. The van der Waals surface area contributed by atoms with Gasteiger partial charge in [-0.25, -0.2) is 0 Å². The summed E-state index contributed by atoms with van der Waals surface area (Å²) in [5.41, 5.74) is 16.0. The second kappa shape index (κ2) is 16.7. The average Bonchev–Trinajstić information content (AvgIpc) is 3.58. The molecule has 0 amide bonds. The second-order valence-corrected chi connectivity index (χ2v) is 21.3. The van der Waals surface area contributed by atoms with Gasteiger partial charge in [-0.05, 0) is 118 Å². The Morgan fingerprint density at radius 1 is 1.07 bits per heavy atom. The summed E-state index contributed by atoms with van der Waals surface area (Å²) < 4.78 is 13.0. The monoisotopic (exact) mass is 818 g/mol. The van der Waals surface area contributed by atoms with Gasteiger partial charge in [-0.3, -0.25) is 0 Å². The van der Waals surface area contributed by atoms with Crippen molar-refractivity contribution >= 4 is 47.9 Å². The van der Waals surface area contributed by atoms with Gasteiger partial charge < -0.3 is 25.3 Å². The van der Waals surface area contributed by atoms with Gasteiger partial charge in [0, 0.05) is 55.5 Å². The van der Waals surface area contributed by atoms with Crippen LogP contribution in [-0.2, 0) is 27.9 Å². The Balaban J connectivity index is 1.31. The number of phenols is 1. The largest absolute Gasteiger partial charge is 0.508 e. The molecule has 0 radical (unpaired) electrons. The predicted molar refractivity (Wildman–Crippen MR) is 244 cm³/mol. The van der Waals surface area contributed by atoms with E-state index in [9.17, 15) is 5.11 Å². The highest BCUT2D eigenvalue weighted by atomic mass is 32.2. The number of aromatic amines is 1. The van der Waals surface area contributed by atoms with E-state index in [0.29, 0.717) is 17.4 Å². The molecule has 2 aliphatic carbocycles. The smallest absolute Gasteiger partial charge is 0.127 e. The molecule has 3 heterocycles. The second-order valence-electron chi connectivity index (χ2n) is 18.4. The number of H-pyrrole nitrogens is 1. The molecule has 2 aromatic carbocycles. The molecule has 0 bridgehead atoms. The quantitative estimate of drug-likeness (QED) is 0.0827. The van der Waals surface area contributed by atoms with E-state index in [0.717, 1.165) is 99.9 Å². The summed E-state index contributed by atoms with van der Waals surface area (Å²) in [6, 6.07) is 9.19. The molecular weight excluding hydrogens is 749 g/mol. The lowest BCUT2D eigenvalue weighted by molar-refractivity contribution is -0.0471. The van der Waals surface area contributed by atoms with E-state index in [4.69, 9.17) is 40.5 Å². The standard InChI is InChI=1S/C48H70N2O3S3/c1-8-12-13-14-23-46(7,31-26-38(51)41-36-28-32(55)18-20-37(36)45(5,6)53-39(41)27-31)56-48(22-9-2)24-15-16-34(43(48)49)33-19-17-30(10-3)42-40(33)35-21-25-52-47(11-4,29-54)44(35)50-42/h17-19,26-27,34,36-37,43,50-51,54-55H,8-16,20-25,28-29,49H2,1-7H3/t34?,36-,37-,43?,46?,47?,48?/m1/s1. The van der Waals surface area contributed by atoms with Crippen LogP contribution in [0.4, 0.5) is 0 Å². The molecule has 1 aromatic heterocycles. The third kappa shape index (κ3) is 7.41. The number of aryl methyl sites for hydroxylation is 1. The lowest BCUT2D eigenvalue weighted by atomic mass is 9.68. The SMILES string of the molecule is CCCCCCC(C)(SC1(CCC)CCCC(c2ccc(CC)c3[nH]c4c(c23)CCOC4(CC)CS)C1N)c1cc(O)c2c(c1)OC(C)(C)[C@@H]1CC=C(S)C[C@@H]21. The van der Waals surface area contributed by atoms with Crippen molar-refractivity contribution < 1.29 is 14.6 Å². The Labute approximate surface area is 353 Å². The number of benzene rings is 2. The minimum Gasteiger partial charge on any atom is -0.508 e. The van der Waals surface area contributed by atoms with Gasteiger partial charge in [0.25, 0.3) is 0 Å². The summed E-state index contributed by atoms with van der Waals surface area (Å²) in [5, 5.41) is 13.4. The number of aromatic hydroxyl groups is 1. The molecule has 3 aromatic rings. The number of thioether (sulfide) groups is 1. The van der Waals surface area contributed by atoms with Crippen LogP contribution in [0.5, 0.6) is 11.5 Å². The van der Waals surface area contributed by atoms with E-state index < -0.39 is 5.60 Å². The average molecular weight is 819 g/mol. The van der Waals surface area contributed by atoms with Crippen molar-refractivity contribution in [1.29, 1.82) is 0 Å². The normalized spacial score (nSPS) is 29.5. The van der Waals surface area contributed by atoms with Crippen molar-refractivity contribution in [2.75, 3.05) is 12.4 Å². The molecule has 308 valence electrons. The van der Waals surface area contributed by atoms with Crippen LogP contribution >= 0.6 is 37.0 Å². The van der Waals surface area contributed by atoms with Gasteiger partial charge in [0.05, 0.1) is 12.3 Å². The first-order valence-electron chi connectivity index (χ1n) is 22.1. The summed E-state index contributed by atoms with van der Waals surface area (Å²) in [7, 11) is 0. The minimum atomic E-state index is -0.392. The maximum atomic E-state index is 12.0. The number of nitrogens with one attached hydrogen (secondary N) is 1. The maximum Gasteiger partial charge on any atom is 0.127 e. The number of unbranched alkanes of at least 4 members (excludes halogenated alkanes) is 3. The Morgan fingerprint density at radius 2 is 1.88 bits per heavy atom. The predicted octanol–water partition coefficient (Wildman–Crippen LogP) is 12.8. The zero-order valence-corrected chi connectivity index (χ0v) is 38.0. The van der Waals surface area contributed by atoms with Crippen LogP contribution in [0, 0.1) is 5.92 Å². The maximum absolute atomic E-state index is 12.0. The fourth-order valence-corrected chi connectivity index (χ4v) is 14.5. The van der Waals surface area contributed by atoms with E-state index in [1.807, 2.05) is 0 Å². The molecule has 1 fully saturated rings. The summed E-state index contributed by atoms with van der Waals surface area (Å²) >= 11 is 11.8. The number of thiol groups is 2. The molecule has 4 aliphatic rings. The Kier molecular flexibility index (Phi) is 12.7. The first-order valence-corrected chi connectivity index (χ1v) is 24.0. The van der Waals surface area contributed by atoms with Crippen LogP contribution in [-0.4, -0.2) is 38.8 Å². The summed E-state index contributed by atoms with van der Waals surface area (Å²) in [6.45, 7) is 16.7. The van der Waals surface area contributed by atoms with Crippen molar-refractivity contribution in [3.63, 3.8) is 0 Å². The molecule has 8 heteroatoms. The van der Waals surface area contributed by atoms with Crippen molar-refractivity contribution in [2.45, 2.75) is 183 Å². The van der Waals surface area contributed by atoms with Gasteiger partial charge in [-0.2, -0.15) is 12.6 Å². The third-order valence-corrected chi connectivity index (χ3v) is 17.5. The summed E-state index contributed by atoms with van der Waals surface area (Å²) in [5.74, 6) is 2.63. The molecule has 7 atom stereocenters. The van der Waals surface area contributed by atoms with Crippen LogP contribution in [0.15, 0.2) is 35.2 Å². The summed E-state index contributed by atoms with van der Waals surface area (Å²) in [4.78, 5) is 5.06. The number of aromatic nitrogens is 1. The lowest BCUT2D eigenvalue weighted by Crippen LogP contribution is -2.53. The fourth-order valence-electron chi connectivity index (χ4n) is 11.5. The number of fused-ring (bicyclic) bond motifs is 6. The molecule has 0 saturated heterocycles. The van der Waals surface area contributed by atoms with Crippen LogP contribution in [0.3, 0.4) is 0 Å². The zero-order valence-electron chi connectivity index (χ0n) is 35.4. The molecule has 0 spiro atoms. The third-order valence-electron chi connectivity index (χ3n) is 14.6. The molecule has 5 nitrogen and oxygen atoms in total. The van der Waals surface area contributed by atoms with Crippen molar-refractivity contribution in [2.24, 2.45) is 11.7 Å².